The first-order valence-corrected chi connectivity index (χ1v) is 10.4. The lowest BCUT2D eigenvalue weighted by atomic mass is 10.0. The topological polar surface area (TPSA) is 70.6 Å². The summed E-state index contributed by atoms with van der Waals surface area (Å²) in [6, 6.07) is 17.8. The zero-order valence-electron chi connectivity index (χ0n) is 17.1. The fourth-order valence-electron chi connectivity index (χ4n) is 2.98. The number of unbranched alkanes of at least 4 members (excludes halogenated alkanes) is 5. The van der Waals surface area contributed by atoms with E-state index < -0.39 is 6.04 Å². The van der Waals surface area contributed by atoms with Crippen LogP contribution in [0.25, 0.3) is 0 Å². The zero-order chi connectivity index (χ0) is 20.7. The maximum Gasteiger partial charge on any atom is 0.262 e. The second kappa shape index (κ2) is 13.3. The van der Waals surface area contributed by atoms with Crippen LogP contribution in [-0.2, 0) is 11.2 Å². The lowest BCUT2D eigenvalue weighted by Crippen LogP contribution is -2.46. The first-order chi connectivity index (χ1) is 14.2. The molecular weight excluding hydrogens is 362 g/mol. The third-order valence-corrected chi connectivity index (χ3v) is 4.64. The molecule has 0 saturated heterocycles. The van der Waals surface area contributed by atoms with Crippen LogP contribution in [0.4, 0.5) is 0 Å². The number of carbonyl (C=O) groups excluding carboxylic acids is 2. The molecule has 0 spiro atoms. The van der Waals surface area contributed by atoms with Crippen molar-refractivity contribution >= 4 is 18.0 Å². The average Bonchev–Trinajstić information content (AvgIpc) is 2.76. The maximum absolute atomic E-state index is 12.6. The van der Waals surface area contributed by atoms with Gasteiger partial charge in [-0.2, -0.15) is 5.10 Å². The minimum atomic E-state index is -0.702. The van der Waals surface area contributed by atoms with E-state index in [2.05, 4.69) is 22.8 Å². The fourth-order valence-corrected chi connectivity index (χ4v) is 2.98. The molecule has 154 valence electrons. The van der Waals surface area contributed by atoms with Crippen molar-refractivity contribution < 1.29 is 9.59 Å². The van der Waals surface area contributed by atoms with Crippen LogP contribution in [0.15, 0.2) is 65.8 Å². The summed E-state index contributed by atoms with van der Waals surface area (Å²) in [6.45, 7) is 2.19. The Bertz CT molecular complexity index is 760. The van der Waals surface area contributed by atoms with E-state index in [1.54, 1.807) is 30.5 Å². The first kappa shape index (κ1) is 22.3. The van der Waals surface area contributed by atoms with E-state index in [9.17, 15) is 9.59 Å². The molecule has 0 saturated carbocycles. The van der Waals surface area contributed by atoms with Gasteiger partial charge in [0.1, 0.15) is 6.04 Å². The number of nitrogens with zero attached hydrogens (tertiary/aromatic N) is 1. The van der Waals surface area contributed by atoms with Crippen molar-refractivity contribution in [2.45, 2.75) is 57.9 Å². The summed E-state index contributed by atoms with van der Waals surface area (Å²) >= 11 is 0. The van der Waals surface area contributed by atoms with E-state index >= 15 is 0 Å². The molecule has 2 aromatic rings. The van der Waals surface area contributed by atoms with Crippen LogP contribution < -0.4 is 10.7 Å². The number of amides is 2. The average molecular weight is 394 g/mol. The minimum Gasteiger partial charge on any atom is -0.340 e. The Hall–Kier alpha value is -2.95. The van der Waals surface area contributed by atoms with Crippen molar-refractivity contribution in [3.8, 4) is 0 Å². The highest BCUT2D eigenvalue weighted by atomic mass is 16.2. The second-order valence-corrected chi connectivity index (χ2v) is 7.07. The van der Waals surface area contributed by atoms with E-state index in [1.807, 2.05) is 36.4 Å². The van der Waals surface area contributed by atoms with Crippen LogP contribution in [-0.4, -0.2) is 24.1 Å². The van der Waals surface area contributed by atoms with Gasteiger partial charge in [-0.15, -0.1) is 0 Å². The van der Waals surface area contributed by atoms with Gasteiger partial charge in [-0.1, -0.05) is 81.1 Å². The number of hydrogen-bond acceptors (Lipinski definition) is 3. The van der Waals surface area contributed by atoms with Gasteiger partial charge in [0.15, 0.2) is 0 Å². The Morgan fingerprint density at radius 3 is 2.28 bits per heavy atom. The normalized spacial score (nSPS) is 11.9. The Morgan fingerprint density at radius 2 is 1.59 bits per heavy atom. The summed E-state index contributed by atoms with van der Waals surface area (Å²) in [5.74, 6) is -0.595. The van der Waals surface area contributed by atoms with Crippen LogP contribution >= 0.6 is 0 Å². The van der Waals surface area contributed by atoms with Gasteiger partial charge in [0, 0.05) is 18.2 Å². The van der Waals surface area contributed by atoms with E-state index in [0.717, 1.165) is 18.4 Å². The molecule has 1 unspecified atom stereocenters. The van der Waals surface area contributed by atoms with Gasteiger partial charge in [0.25, 0.3) is 11.8 Å². The van der Waals surface area contributed by atoms with Gasteiger partial charge in [-0.3, -0.25) is 9.59 Å². The number of rotatable bonds is 12. The predicted molar refractivity (Wildman–Crippen MR) is 118 cm³/mol. The molecule has 0 radical (unpaired) electrons. The molecule has 0 aromatic heterocycles. The van der Waals surface area contributed by atoms with Crippen molar-refractivity contribution in [3.05, 3.63) is 71.8 Å². The van der Waals surface area contributed by atoms with Crippen LogP contribution in [0, 0.1) is 0 Å². The maximum atomic E-state index is 12.6. The molecule has 0 aliphatic rings. The molecule has 0 aliphatic carbocycles. The van der Waals surface area contributed by atoms with Crippen LogP contribution in [0.5, 0.6) is 0 Å². The van der Waals surface area contributed by atoms with Crippen molar-refractivity contribution in [1.29, 1.82) is 0 Å². The third-order valence-electron chi connectivity index (χ3n) is 4.64. The minimum absolute atomic E-state index is 0.276. The first-order valence-electron chi connectivity index (χ1n) is 10.4. The Morgan fingerprint density at radius 1 is 0.931 bits per heavy atom. The third kappa shape index (κ3) is 8.73. The monoisotopic (exact) mass is 393 g/mol. The van der Waals surface area contributed by atoms with Crippen LogP contribution in [0.1, 0.15) is 61.4 Å². The molecule has 5 nitrogen and oxygen atoms in total. The zero-order valence-corrected chi connectivity index (χ0v) is 17.1. The Balaban J connectivity index is 1.91. The lowest BCUT2D eigenvalue weighted by Gasteiger charge is -2.17. The molecule has 0 heterocycles. The van der Waals surface area contributed by atoms with Gasteiger partial charge in [-0.25, -0.2) is 5.43 Å². The highest BCUT2D eigenvalue weighted by Crippen LogP contribution is 2.06. The smallest absolute Gasteiger partial charge is 0.262 e. The Kier molecular flexibility index (Phi) is 10.2. The number of hydrazone groups is 1. The number of carbonyl (C=O) groups is 2. The summed E-state index contributed by atoms with van der Waals surface area (Å²) in [4.78, 5) is 25.2. The van der Waals surface area contributed by atoms with Gasteiger partial charge < -0.3 is 5.32 Å². The lowest BCUT2D eigenvalue weighted by molar-refractivity contribution is -0.122. The highest BCUT2D eigenvalue weighted by molar-refractivity contribution is 5.97. The summed E-state index contributed by atoms with van der Waals surface area (Å²) in [6.07, 6.45) is 8.94. The van der Waals surface area contributed by atoms with E-state index in [0.29, 0.717) is 12.0 Å². The largest absolute Gasteiger partial charge is 0.340 e. The molecule has 2 N–H and O–H groups in total. The number of benzene rings is 2. The highest BCUT2D eigenvalue weighted by Gasteiger charge is 2.21. The molecule has 1 atom stereocenters. The molecule has 0 bridgehead atoms. The molecule has 29 heavy (non-hydrogen) atoms. The van der Waals surface area contributed by atoms with Gasteiger partial charge in [0.2, 0.25) is 0 Å². The second-order valence-electron chi connectivity index (χ2n) is 7.07. The molecule has 5 heteroatoms. The summed E-state index contributed by atoms with van der Waals surface area (Å²) in [5, 5.41) is 6.89. The van der Waals surface area contributed by atoms with Crippen molar-refractivity contribution in [3.63, 3.8) is 0 Å². The molecule has 2 aromatic carbocycles. The Labute approximate surface area is 173 Å². The van der Waals surface area contributed by atoms with Crippen molar-refractivity contribution in [1.82, 2.24) is 10.7 Å². The molecule has 2 rings (SSSR count). The quantitative estimate of drug-likeness (QED) is 0.317. The van der Waals surface area contributed by atoms with Crippen LogP contribution in [0.3, 0.4) is 0 Å². The molecule has 2 amide bonds. The number of hydrogen-bond donors (Lipinski definition) is 2. The predicted octanol–water partition coefficient (Wildman–Crippen LogP) is 4.49. The van der Waals surface area contributed by atoms with Gasteiger partial charge in [0.05, 0.1) is 0 Å². The van der Waals surface area contributed by atoms with Crippen molar-refractivity contribution in [2.24, 2.45) is 5.10 Å². The summed E-state index contributed by atoms with van der Waals surface area (Å²) in [7, 11) is 0. The van der Waals surface area contributed by atoms with E-state index in [1.165, 1.54) is 25.7 Å². The standard InChI is InChI=1S/C24H31N3O2/c1-2-3-4-5-6-13-18-25-27-24(29)22(19-20-14-9-7-10-15-20)26-23(28)21-16-11-8-12-17-21/h7-12,14-18,22H,2-6,13,19H2,1H3,(H,26,28)(H,27,29). The summed E-state index contributed by atoms with van der Waals surface area (Å²) in [5.41, 5.74) is 4.07. The number of nitrogens with one attached hydrogen (secondary N) is 2. The molecular formula is C24H31N3O2. The van der Waals surface area contributed by atoms with E-state index in [-0.39, 0.29) is 11.8 Å². The van der Waals surface area contributed by atoms with Gasteiger partial charge >= 0.3 is 0 Å². The molecule has 0 fully saturated rings. The van der Waals surface area contributed by atoms with E-state index in [4.69, 9.17) is 0 Å². The van der Waals surface area contributed by atoms with Gasteiger partial charge in [-0.05, 0) is 30.5 Å². The molecule has 0 aliphatic heterocycles. The fraction of sp³-hybridized carbons (Fsp3) is 0.375. The van der Waals surface area contributed by atoms with Crippen molar-refractivity contribution in [2.75, 3.05) is 0 Å². The van der Waals surface area contributed by atoms with Crippen LogP contribution in [0.2, 0.25) is 0 Å². The summed E-state index contributed by atoms with van der Waals surface area (Å²) < 4.78 is 0. The SMILES string of the molecule is CCCCCCCC=NNC(=O)C(Cc1ccccc1)NC(=O)c1ccccc1.